The molecule has 1 saturated heterocycles. The van der Waals surface area contributed by atoms with Gasteiger partial charge in [0.05, 0.1) is 30.1 Å². The topological polar surface area (TPSA) is 115 Å². The van der Waals surface area contributed by atoms with Gasteiger partial charge >= 0.3 is 6.09 Å². The standard InChI is InChI=1S/C36H52N6O5Si/c1-24-21-27(40(15-14-37)34(44)47-35(3,4)5)30-29(26-22-38-42(23-26)28-13-11-12-19-45-28)32-33(43)39(16-17-41(32)31(30)25(24)2)18-20-46-48(9,10)36(6,7)8/h21-23,28H,11-13,15-20H2,1-10H3. The number of fused-ring (bicyclic) bond motifs is 3. The first-order valence-corrected chi connectivity index (χ1v) is 20.0. The maximum atomic E-state index is 14.6. The molecule has 0 N–H and O–H groups in total. The van der Waals surface area contributed by atoms with E-state index in [4.69, 9.17) is 19.0 Å². The summed E-state index contributed by atoms with van der Waals surface area (Å²) in [6.45, 7) is 23.0. The highest BCUT2D eigenvalue weighted by molar-refractivity contribution is 6.74. The van der Waals surface area contributed by atoms with Crippen molar-refractivity contribution in [3.63, 3.8) is 0 Å². The van der Waals surface area contributed by atoms with Crippen molar-refractivity contribution in [3.05, 3.63) is 35.3 Å². The molecule has 1 fully saturated rings. The van der Waals surface area contributed by atoms with Gasteiger partial charge in [-0.05, 0) is 89.2 Å². The molecule has 4 heterocycles. The van der Waals surface area contributed by atoms with E-state index in [1.54, 1.807) is 27.0 Å². The second kappa shape index (κ2) is 13.3. The predicted molar refractivity (Wildman–Crippen MR) is 190 cm³/mol. The molecule has 1 unspecified atom stereocenters. The third-order valence-electron chi connectivity index (χ3n) is 10.0. The highest BCUT2D eigenvalue weighted by Crippen LogP contribution is 2.45. The van der Waals surface area contributed by atoms with Crippen LogP contribution >= 0.6 is 0 Å². The summed E-state index contributed by atoms with van der Waals surface area (Å²) >= 11 is 0. The quantitative estimate of drug-likeness (QED) is 0.179. The molecular formula is C36H52N6O5Si. The number of ether oxygens (including phenoxy) is 2. The number of carbonyl (C=O) groups excluding carboxylic acids is 2. The number of anilines is 1. The Kier molecular flexibility index (Phi) is 9.90. The molecule has 1 atom stereocenters. The van der Waals surface area contributed by atoms with Crippen molar-refractivity contribution in [1.29, 1.82) is 5.26 Å². The fourth-order valence-electron chi connectivity index (χ4n) is 6.28. The van der Waals surface area contributed by atoms with Crippen LogP contribution in [0.3, 0.4) is 0 Å². The Labute approximate surface area is 285 Å². The fourth-order valence-corrected chi connectivity index (χ4v) is 7.31. The number of aromatic nitrogens is 3. The molecule has 0 saturated carbocycles. The van der Waals surface area contributed by atoms with Gasteiger partial charge in [0.15, 0.2) is 8.32 Å². The zero-order chi connectivity index (χ0) is 35.2. The van der Waals surface area contributed by atoms with E-state index in [2.05, 4.69) is 44.5 Å². The molecule has 0 radical (unpaired) electrons. The molecule has 2 amide bonds. The molecule has 3 aromatic rings. The summed E-state index contributed by atoms with van der Waals surface area (Å²) in [5, 5.41) is 15.4. The molecular weight excluding hydrogens is 625 g/mol. The zero-order valence-corrected chi connectivity index (χ0v) is 31.4. The smallest absolute Gasteiger partial charge is 0.415 e. The van der Waals surface area contributed by atoms with Crippen molar-refractivity contribution in [2.75, 3.05) is 37.7 Å². The molecule has 0 aliphatic carbocycles. The van der Waals surface area contributed by atoms with Gasteiger partial charge in [0, 0.05) is 49.0 Å². The summed E-state index contributed by atoms with van der Waals surface area (Å²) in [4.78, 5) is 31.6. The summed E-state index contributed by atoms with van der Waals surface area (Å²) < 4.78 is 22.3. The minimum absolute atomic E-state index is 0.0654. The van der Waals surface area contributed by atoms with Crippen molar-refractivity contribution < 1.29 is 23.5 Å². The van der Waals surface area contributed by atoms with Gasteiger partial charge in [-0.25, -0.2) is 9.48 Å². The number of amides is 2. The highest BCUT2D eigenvalue weighted by Gasteiger charge is 2.39. The first-order chi connectivity index (χ1) is 22.4. The third kappa shape index (κ3) is 6.91. The molecule has 11 nitrogen and oxygen atoms in total. The molecule has 0 bridgehead atoms. The zero-order valence-electron chi connectivity index (χ0n) is 30.4. The maximum absolute atomic E-state index is 14.6. The van der Waals surface area contributed by atoms with Gasteiger partial charge in [0.25, 0.3) is 5.91 Å². The minimum Gasteiger partial charge on any atom is -0.443 e. The second-order valence-corrected chi connectivity index (χ2v) is 20.4. The molecule has 2 aliphatic rings. The normalized spacial score (nSPS) is 17.4. The Morgan fingerprint density at radius 1 is 1.17 bits per heavy atom. The summed E-state index contributed by atoms with van der Waals surface area (Å²) in [7, 11) is -2.00. The highest BCUT2D eigenvalue weighted by atomic mass is 28.4. The van der Waals surface area contributed by atoms with Crippen molar-refractivity contribution in [1.82, 2.24) is 19.2 Å². The van der Waals surface area contributed by atoms with Crippen molar-refractivity contribution in [2.45, 2.75) is 111 Å². The molecule has 5 rings (SSSR count). The van der Waals surface area contributed by atoms with Crippen molar-refractivity contribution in [2.24, 2.45) is 0 Å². The van der Waals surface area contributed by atoms with Crippen LogP contribution in [0, 0.1) is 25.2 Å². The number of hydrogen-bond acceptors (Lipinski definition) is 7. The molecule has 2 aromatic heterocycles. The molecule has 260 valence electrons. The van der Waals surface area contributed by atoms with E-state index >= 15 is 0 Å². The monoisotopic (exact) mass is 676 g/mol. The Morgan fingerprint density at radius 3 is 2.52 bits per heavy atom. The summed E-state index contributed by atoms with van der Waals surface area (Å²) in [5.41, 5.74) is 4.57. The van der Waals surface area contributed by atoms with Crippen LogP contribution in [0.2, 0.25) is 18.1 Å². The largest absolute Gasteiger partial charge is 0.443 e. The molecule has 2 aliphatic heterocycles. The molecule has 12 heteroatoms. The van der Waals surface area contributed by atoms with Gasteiger partial charge in [-0.1, -0.05) is 20.8 Å². The predicted octanol–water partition coefficient (Wildman–Crippen LogP) is 7.56. The number of benzene rings is 1. The van der Waals surface area contributed by atoms with Crippen LogP contribution < -0.4 is 4.90 Å². The van der Waals surface area contributed by atoms with Crippen LogP contribution in [0.1, 0.15) is 88.6 Å². The van der Waals surface area contributed by atoms with Gasteiger partial charge in [-0.2, -0.15) is 10.4 Å². The van der Waals surface area contributed by atoms with Gasteiger partial charge < -0.3 is 23.4 Å². The van der Waals surface area contributed by atoms with Crippen LogP contribution in [-0.2, 0) is 20.4 Å². The number of rotatable bonds is 8. The van der Waals surface area contributed by atoms with Gasteiger partial charge in [0.1, 0.15) is 24.1 Å². The number of carbonyl (C=O) groups is 2. The van der Waals surface area contributed by atoms with Gasteiger partial charge in [0.2, 0.25) is 0 Å². The SMILES string of the molecule is Cc1cc(N(CC#N)C(=O)OC(C)(C)C)c2c(-c3cnn(C4CCCCO4)c3)c3n(c2c1C)CCN(CCO[Si](C)(C)C(C)(C)C)C3=O. The minimum atomic E-state index is -2.00. The Morgan fingerprint density at radius 2 is 1.90 bits per heavy atom. The van der Waals surface area contributed by atoms with Gasteiger partial charge in [-0.15, -0.1) is 0 Å². The first-order valence-electron chi connectivity index (χ1n) is 17.1. The number of hydrogen-bond donors (Lipinski definition) is 0. The lowest BCUT2D eigenvalue weighted by Crippen LogP contribution is -2.45. The Hall–Kier alpha value is -3.66. The lowest BCUT2D eigenvalue weighted by molar-refractivity contribution is -0.0394. The van der Waals surface area contributed by atoms with Crippen molar-refractivity contribution >= 4 is 36.9 Å². The first kappa shape index (κ1) is 35.6. The lowest BCUT2D eigenvalue weighted by atomic mass is 9.98. The maximum Gasteiger partial charge on any atom is 0.415 e. The number of nitrogens with zero attached hydrogens (tertiary/aromatic N) is 6. The van der Waals surface area contributed by atoms with E-state index in [1.165, 1.54) is 4.90 Å². The van der Waals surface area contributed by atoms with Crippen LogP contribution in [0.5, 0.6) is 0 Å². The molecule has 48 heavy (non-hydrogen) atoms. The van der Waals surface area contributed by atoms with Crippen LogP contribution in [0.25, 0.3) is 22.0 Å². The van der Waals surface area contributed by atoms with Crippen molar-refractivity contribution in [3.8, 4) is 17.2 Å². The van der Waals surface area contributed by atoms with Crippen LogP contribution in [-0.4, -0.2) is 78.0 Å². The van der Waals surface area contributed by atoms with Gasteiger partial charge in [-0.3, -0.25) is 9.69 Å². The van der Waals surface area contributed by atoms with E-state index in [-0.39, 0.29) is 23.7 Å². The summed E-state index contributed by atoms with van der Waals surface area (Å²) in [6, 6.07) is 4.09. The number of aryl methyl sites for hydroxylation is 2. The molecule has 1 aromatic carbocycles. The average molecular weight is 677 g/mol. The van der Waals surface area contributed by atoms with E-state index in [0.29, 0.717) is 49.8 Å². The Bertz CT molecular complexity index is 1730. The van der Waals surface area contributed by atoms with E-state index in [0.717, 1.165) is 46.9 Å². The van der Waals surface area contributed by atoms with E-state index in [9.17, 15) is 14.9 Å². The molecule has 0 spiro atoms. The lowest BCUT2D eigenvalue weighted by Gasteiger charge is -2.37. The third-order valence-corrected chi connectivity index (χ3v) is 14.5. The second-order valence-electron chi connectivity index (χ2n) is 15.6. The Balaban J connectivity index is 1.69. The average Bonchev–Trinajstić information content (AvgIpc) is 3.62. The number of nitriles is 1. The van der Waals surface area contributed by atoms with E-state index < -0.39 is 20.0 Å². The van der Waals surface area contributed by atoms with Crippen LogP contribution in [0.15, 0.2) is 18.5 Å². The summed E-state index contributed by atoms with van der Waals surface area (Å²) in [5.74, 6) is -0.0972. The van der Waals surface area contributed by atoms with Crippen LogP contribution in [0.4, 0.5) is 10.5 Å². The van der Waals surface area contributed by atoms with E-state index in [1.807, 2.05) is 35.7 Å². The summed E-state index contributed by atoms with van der Waals surface area (Å²) in [6.07, 6.45) is 5.85. The fraction of sp³-hybridized carbons (Fsp3) is 0.611.